The molecular formula is C14H25NO4S. The molecule has 1 saturated carbocycles. The first-order valence-electron chi connectivity index (χ1n) is 7.19. The van der Waals surface area contributed by atoms with Crippen molar-refractivity contribution in [2.75, 3.05) is 12.8 Å². The van der Waals surface area contributed by atoms with E-state index in [1.54, 1.807) is 6.26 Å². The Hall–Kier alpha value is -0.910. The number of carboxylic acid groups (broad SMARTS) is 1. The van der Waals surface area contributed by atoms with Crippen molar-refractivity contribution >= 4 is 22.7 Å². The normalized spacial score (nSPS) is 28.9. The molecule has 0 aromatic carbocycles. The van der Waals surface area contributed by atoms with Gasteiger partial charge in [-0.3, -0.25) is 13.8 Å². The van der Waals surface area contributed by atoms with Crippen molar-refractivity contribution in [1.82, 2.24) is 5.32 Å². The van der Waals surface area contributed by atoms with E-state index in [-0.39, 0.29) is 11.2 Å². The van der Waals surface area contributed by atoms with E-state index in [2.05, 4.69) is 5.32 Å². The van der Waals surface area contributed by atoms with Crippen LogP contribution in [0.3, 0.4) is 0 Å². The van der Waals surface area contributed by atoms with Crippen molar-refractivity contribution in [2.45, 2.75) is 44.8 Å². The van der Waals surface area contributed by atoms with Gasteiger partial charge in [-0.2, -0.15) is 0 Å². The Kier molecular flexibility index (Phi) is 6.65. The molecule has 0 aromatic heterocycles. The van der Waals surface area contributed by atoms with Crippen molar-refractivity contribution in [3.63, 3.8) is 0 Å². The van der Waals surface area contributed by atoms with E-state index in [1.165, 1.54) is 0 Å². The van der Waals surface area contributed by atoms with Gasteiger partial charge in [0.1, 0.15) is 0 Å². The summed E-state index contributed by atoms with van der Waals surface area (Å²) in [6.45, 7) is 4.37. The average molecular weight is 303 g/mol. The predicted molar refractivity (Wildman–Crippen MR) is 78.8 cm³/mol. The lowest BCUT2D eigenvalue weighted by Crippen LogP contribution is -2.36. The molecule has 0 aromatic rings. The first-order chi connectivity index (χ1) is 9.36. The number of nitrogens with one attached hydrogen (secondary N) is 1. The highest BCUT2D eigenvalue weighted by atomic mass is 32.2. The van der Waals surface area contributed by atoms with Crippen LogP contribution < -0.4 is 5.32 Å². The third-order valence-electron chi connectivity index (χ3n) is 4.31. The summed E-state index contributed by atoms with van der Waals surface area (Å²) < 4.78 is 11.2. The summed E-state index contributed by atoms with van der Waals surface area (Å²) in [7, 11) is -0.894. The number of carboxylic acids is 1. The highest BCUT2D eigenvalue weighted by molar-refractivity contribution is 7.84. The summed E-state index contributed by atoms with van der Waals surface area (Å²) in [5, 5.41) is 12.1. The van der Waals surface area contributed by atoms with Gasteiger partial charge in [0.2, 0.25) is 5.91 Å². The number of rotatable bonds is 7. The summed E-state index contributed by atoms with van der Waals surface area (Å²) in [6.07, 6.45) is 4.47. The molecule has 0 aliphatic heterocycles. The molecule has 5 atom stereocenters. The van der Waals surface area contributed by atoms with Crippen molar-refractivity contribution in [1.29, 1.82) is 0 Å². The van der Waals surface area contributed by atoms with Crippen LogP contribution >= 0.6 is 0 Å². The van der Waals surface area contributed by atoms with Gasteiger partial charge >= 0.3 is 5.97 Å². The fourth-order valence-electron chi connectivity index (χ4n) is 2.73. The lowest BCUT2D eigenvalue weighted by atomic mass is 9.95. The number of hydrogen-bond acceptors (Lipinski definition) is 3. The van der Waals surface area contributed by atoms with Crippen molar-refractivity contribution in [2.24, 2.45) is 17.8 Å². The van der Waals surface area contributed by atoms with Gasteiger partial charge < -0.3 is 10.4 Å². The first kappa shape index (κ1) is 17.1. The number of carbonyl (C=O) groups is 2. The Morgan fingerprint density at radius 3 is 2.45 bits per heavy atom. The highest BCUT2D eigenvalue weighted by Crippen LogP contribution is 2.38. The van der Waals surface area contributed by atoms with Crippen molar-refractivity contribution in [3.8, 4) is 0 Å². The van der Waals surface area contributed by atoms with E-state index in [4.69, 9.17) is 0 Å². The molecule has 5 unspecified atom stereocenters. The fourth-order valence-corrected chi connectivity index (χ4v) is 3.18. The summed E-state index contributed by atoms with van der Waals surface area (Å²) in [5.74, 6) is -1.68. The van der Waals surface area contributed by atoms with Crippen LogP contribution in [0.2, 0.25) is 0 Å². The minimum Gasteiger partial charge on any atom is -0.481 e. The molecule has 5 nitrogen and oxygen atoms in total. The Morgan fingerprint density at radius 1 is 1.35 bits per heavy atom. The standard InChI is InChI=1S/C14H25NO4S/c1-4-10-7-11(12(8-10)14(17)18)13(16)15-6-5-9(2)20(3)19/h9-12H,4-8H2,1-3H3,(H,15,16)(H,17,18). The Morgan fingerprint density at radius 2 is 1.95 bits per heavy atom. The van der Waals surface area contributed by atoms with Crippen LogP contribution in [-0.4, -0.2) is 39.2 Å². The van der Waals surface area contributed by atoms with E-state index in [0.29, 0.717) is 31.7 Å². The molecule has 6 heteroatoms. The van der Waals surface area contributed by atoms with E-state index in [1.807, 2.05) is 13.8 Å². The Balaban J connectivity index is 2.49. The SMILES string of the molecule is CCC1CC(C(=O)O)C(C(=O)NCCC(C)S(C)=O)C1. The number of carbonyl (C=O) groups excluding carboxylic acids is 1. The van der Waals surface area contributed by atoms with Crippen LogP contribution in [-0.2, 0) is 20.4 Å². The van der Waals surface area contributed by atoms with E-state index < -0.39 is 28.6 Å². The minimum atomic E-state index is -0.894. The second kappa shape index (κ2) is 7.76. The third kappa shape index (κ3) is 4.58. The summed E-state index contributed by atoms with van der Waals surface area (Å²) in [5.41, 5.74) is 0. The largest absolute Gasteiger partial charge is 0.481 e. The van der Waals surface area contributed by atoms with Gasteiger partial charge in [0.15, 0.2) is 0 Å². The van der Waals surface area contributed by atoms with Gasteiger partial charge in [-0.1, -0.05) is 20.3 Å². The second-order valence-electron chi connectivity index (χ2n) is 5.69. The highest BCUT2D eigenvalue weighted by Gasteiger charge is 2.41. The maximum atomic E-state index is 12.1. The number of aliphatic carboxylic acids is 1. The quantitative estimate of drug-likeness (QED) is 0.744. The Bertz CT molecular complexity index is 385. The summed E-state index contributed by atoms with van der Waals surface area (Å²) in [4.78, 5) is 23.4. The van der Waals surface area contributed by atoms with E-state index >= 15 is 0 Å². The zero-order valence-electron chi connectivity index (χ0n) is 12.4. The molecule has 1 aliphatic carbocycles. The van der Waals surface area contributed by atoms with Gasteiger partial charge in [0.05, 0.1) is 11.8 Å². The molecule has 20 heavy (non-hydrogen) atoms. The summed E-state index contributed by atoms with van der Waals surface area (Å²) >= 11 is 0. The van der Waals surface area contributed by atoms with Crippen LogP contribution in [0, 0.1) is 17.8 Å². The van der Waals surface area contributed by atoms with Crippen molar-refractivity contribution in [3.05, 3.63) is 0 Å². The van der Waals surface area contributed by atoms with Crippen LogP contribution in [0.1, 0.15) is 39.5 Å². The number of hydrogen-bond donors (Lipinski definition) is 2. The molecular weight excluding hydrogens is 278 g/mol. The van der Waals surface area contributed by atoms with Gasteiger partial charge in [0, 0.05) is 28.9 Å². The van der Waals surface area contributed by atoms with E-state index in [0.717, 1.165) is 6.42 Å². The lowest BCUT2D eigenvalue weighted by molar-refractivity contribution is -0.146. The van der Waals surface area contributed by atoms with E-state index in [9.17, 15) is 18.9 Å². The fraction of sp³-hybridized carbons (Fsp3) is 0.857. The summed E-state index contributed by atoms with van der Waals surface area (Å²) in [6, 6.07) is 0. The smallest absolute Gasteiger partial charge is 0.307 e. The topological polar surface area (TPSA) is 83.5 Å². The zero-order valence-corrected chi connectivity index (χ0v) is 13.2. The third-order valence-corrected chi connectivity index (χ3v) is 5.68. The van der Waals surface area contributed by atoms with Crippen molar-refractivity contribution < 1.29 is 18.9 Å². The molecule has 0 saturated heterocycles. The molecule has 0 spiro atoms. The molecule has 0 radical (unpaired) electrons. The van der Waals surface area contributed by atoms with Gasteiger partial charge in [-0.15, -0.1) is 0 Å². The average Bonchev–Trinajstić information content (AvgIpc) is 2.82. The maximum absolute atomic E-state index is 12.1. The maximum Gasteiger partial charge on any atom is 0.307 e. The van der Waals surface area contributed by atoms with Crippen LogP contribution in [0.15, 0.2) is 0 Å². The zero-order chi connectivity index (χ0) is 15.3. The monoisotopic (exact) mass is 303 g/mol. The van der Waals surface area contributed by atoms with Crippen LogP contribution in [0.5, 0.6) is 0 Å². The molecule has 1 amide bonds. The number of amides is 1. The molecule has 1 aliphatic rings. The predicted octanol–water partition coefficient (Wildman–Crippen LogP) is 1.40. The van der Waals surface area contributed by atoms with Crippen LogP contribution in [0.4, 0.5) is 0 Å². The lowest BCUT2D eigenvalue weighted by Gasteiger charge is -2.16. The first-order valence-corrected chi connectivity index (χ1v) is 8.81. The molecule has 0 bridgehead atoms. The van der Waals surface area contributed by atoms with Gasteiger partial charge in [-0.25, -0.2) is 0 Å². The molecule has 2 N–H and O–H groups in total. The van der Waals surface area contributed by atoms with Gasteiger partial charge in [0.25, 0.3) is 0 Å². The molecule has 0 heterocycles. The van der Waals surface area contributed by atoms with Gasteiger partial charge in [-0.05, 0) is 25.2 Å². The Labute approximate surface area is 123 Å². The van der Waals surface area contributed by atoms with Crippen LogP contribution in [0.25, 0.3) is 0 Å². The minimum absolute atomic E-state index is 0.0394. The molecule has 1 rings (SSSR count). The molecule has 116 valence electrons. The second-order valence-corrected chi connectivity index (χ2v) is 7.49. The molecule has 1 fully saturated rings.